The quantitative estimate of drug-likeness (QED) is 0.630. The van der Waals surface area contributed by atoms with E-state index in [1.807, 2.05) is 6.92 Å². The smallest absolute Gasteiger partial charge is 0.306 e. The summed E-state index contributed by atoms with van der Waals surface area (Å²) < 4.78 is 30.6. The highest BCUT2D eigenvalue weighted by molar-refractivity contribution is 7.89. The van der Waals surface area contributed by atoms with Crippen molar-refractivity contribution in [2.24, 2.45) is 0 Å². The minimum Gasteiger partial charge on any atom is -0.466 e. The van der Waals surface area contributed by atoms with Gasteiger partial charge in [-0.15, -0.1) is 0 Å². The zero-order valence-electron chi connectivity index (χ0n) is 11.0. The molecule has 0 aliphatic carbocycles. The molecule has 1 aliphatic rings. The third-order valence-corrected chi connectivity index (χ3v) is 4.75. The fraction of sp³-hybridized carbons (Fsp3) is 0.909. The van der Waals surface area contributed by atoms with Gasteiger partial charge in [-0.3, -0.25) is 4.79 Å². The van der Waals surface area contributed by atoms with E-state index in [9.17, 15) is 13.2 Å². The van der Waals surface area contributed by atoms with Crippen LogP contribution in [0.4, 0.5) is 0 Å². The molecule has 18 heavy (non-hydrogen) atoms. The topological polar surface area (TPSA) is 75.7 Å². The van der Waals surface area contributed by atoms with E-state index >= 15 is 0 Å². The van der Waals surface area contributed by atoms with Crippen molar-refractivity contribution in [1.29, 1.82) is 0 Å². The van der Waals surface area contributed by atoms with Gasteiger partial charge < -0.3 is 10.1 Å². The Morgan fingerprint density at radius 3 is 2.50 bits per heavy atom. The van der Waals surface area contributed by atoms with Gasteiger partial charge in [0.1, 0.15) is 0 Å². The van der Waals surface area contributed by atoms with Crippen molar-refractivity contribution in [3.05, 3.63) is 0 Å². The van der Waals surface area contributed by atoms with Gasteiger partial charge in [-0.2, -0.15) is 4.31 Å². The number of hydrogen-bond donors (Lipinski definition) is 1. The lowest BCUT2D eigenvalue weighted by Gasteiger charge is -2.37. The van der Waals surface area contributed by atoms with Crippen molar-refractivity contribution in [3.8, 4) is 0 Å². The summed E-state index contributed by atoms with van der Waals surface area (Å²) in [6.45, 7) is 5.83. The molecule has 0 aromatic heterocycles. The second kappa shape index (κ2) is 7.06. The molecule has 7 heteroatoms. The van der Waals surface area contributed by atoms with Gasteiger partial charge in [0.05, 0.1) is 18.8 Å². The van der Waals surface area contributed by atoms with Crippen molar-refractivity contribution in [2.75, 3.05) is 32.0 Å². The number of carbonyl (C=O) groups excluding carboxylic acids is 1. The van der Waals surface area contributed by atoms with Gasteiger partial charge in [-0.05, 0) is 13.3 Å². The maximum Gasteiger partial charge on any atom is 0.306 e. The van der Waals surface area contributed by atoms with Gasteiger partial charge >= 0.3 is 5.97 Å². The van der Waals surface area contributed by atoms with Crippen molar-refractivity contribution in [1.82, 2.24) is 9.62 Å². The number of esters is 1. The van der Waals surface area contributed by atoms with Crippen LogP contribution in [-0.2, 0) is 19.6 Å². The van der Waals surface area contributed by atoms with Gasteiger partial charge in [-0.25, -0.2) is 8.42 Å². The van der Waals surface area contributed by atoms with E-state index in [1.54, 1.807) is 6.92 Å². The molecule has 0 bridgehead atoms. The van der Waals surface area contributed by atoms with Crippen molar-refractivity contribution < 1.29 is 17.9 Å². The Balaban J connectivity index is 2.55. The van der Waals surface area contributed by atoms with Crippen molar-refractivity contribution in [2.45, 2.75) is 32.7 Å². The third kappa shape index (κ3) is 4.22. The van der Waals surface area contributed by atoms with Crippen LogP contribution >= 0.6 is 0 Å². The van der Waals surface area contributed by atoms with Crippen LogP contribution in [-0.4, -0.2) is 56.7 Å². The molecule has 0 atom stereocenters. The minimum atomic E-state index is -3.37. The second-order valence-corrected chi connectivity index (χ2v) is 6.33. The van der Waals surface area contributed by atoms with Gasteiger partial charge in [-0.1, -0.05) is 6.92 Å². The van der Waals surface area contributed by atoms with E-state index < -0.39 is 16.0 Å². The number of nitrogens with one attached hydrogen (secondary N) is 1. The number of rotatable bonds is 8. The molecule has 1 fully saturated rings. The maximum absolute atomic E-state index is 12.2. The van der Waals surface area contributed by atoms with Crippen LogP contribution in [0.3, 0.4) is 0 Å². The van der Waals surface area contributed by atoms with Gasteiger partial charge in [0.15, 0.2) is 0 Å². The molecule has 0 spiro atoms. The molecule has 0 amide bonds. The Hall–Kier alpha value is -0.660. The molecule has 0 aromatic carbocycles. The molecule has 106 valence electrons. The van der Waals surface area contributed by atoms with E-state index in [4.69, 9.17) is 4.74 Å². The first kappa shape index (κ1) is 15.4. The molecular formula is C11H22N2O4S. The van der Waals surface area contributed by atoms with Gasteiger partial charge in [0.25, 0.3) is 0 Å². The SMILES string of the molecule is CCCN(C1CNC1)S(=O)(=O)CCC(=O)OCC. The Morgan fingerprint density at radius 2 is 2.06 bits per heavy atom. The van der Waals surface area contributed by atoms with Crippen LogP contribution in [0.2, 0.25) is 0 Å². The molecule has 0 saturated carbocycles. The zero-order chi connectivity index (χ0) is 13.6. The Bertz CT molecular complexity index is 365. The third-order valence-electron chi connectivity index (χ3n) is 2.84. The number of hydrogen-bond acceptors (Lipinski definition) is 5. The summed E-state index contributed by atoms with van der Waals surface area (Å²) in [6.07, 6.45) is 0.700. The first-order chi connectivity index (χ1) is 8.51. The molecule has 0 aromatic rings. The van der Waals surface area contributed by atoms with Gasteiger partial charge in [0, 0.05) is 25.7 Å². The average Bonchev–Trinajstić information content (AvgIpc) is 2.24. The van der Waals surface area contributed by atoms with Crippen molar-refractivity contribution >= 4 is 16.0 Å². The Morgan fingerprint density at radius 1 is 1.39 bits per heavy atom. The summed E-state index contributed by atoms with van der Waals surface area (Å²) in [7, 11) is -3.37. The predicted octanol–water partition coefficient (Wildman–Crippen LogP) is -0.0468. The highest BCUT2D eigenvalue weighted by Gasteiger charge is 2.33. The van der Waals surface area contributed by atoms with Crippen LogP contribution < -0.4 is 5.32 Å². The lowest BCUT2D eigenvalue weighted by molar-refractivity contribution is -0.142. The highest BCUT2D eigenvalue weighted by Crippen LogP contribution is 2.13. The fourth-order valence-corrected chi connectivity index (χ4v) is 3.53. The van der Waals surface area contributed by atoms with Crippen LogP contribution in [0, 0.1) is 0 Å². The molecule has 1 saturated heterocycles. The maximum atomic E-state index is 12.2. The van der Waals surface area contributed by atoms with E-state index in [-0.39, 0.29) is 24.8 Å². The second-order valence-electron chi connectivity index (χ2n) is 4.29. The van der Waals surface area contributed by atoms with Crippen molar-refractivity contribution in [3.63, 3.8) is 0 Å². The normalized spacial score (nSPS) is 16.6. The lowest BCUT2D eigenvalue weighted by Crippen LogP contribution is -2.59. The number of nitrogens with zero attached hydrogens (tertiary/aromatic N) is 1. The molecular weight excluding hydrogens is 256 g/mol. The first-order valence-electron chi connectivity index (χ1n) is 6.37. The number of carbonyl (C=O) groups is 1. The summed E-state index contributed by atoms with van der Waals surface area (Å²) in [5, 5.41) is 3.06. The summed E-state index contributed by atoms with van der Waals surface area (Å²) in [6, 6.07) is 0.0390. The standard InChI is InChI=1S/C11H22N2O4S/c1-3-6-13(10-8-12-9-10)18(15,16)7-5-11(14)17-4-2/h10,12H,3-9H2,1-2H3. The minimum absolute atomic E-state index is 0.0390. The molecule has 1 heterocycles. The Labute approximate surface area is 109 Å². The number of sulfonamides is 1. The lowest BCUT2D eigenvalue weighted by atomic mass is 10.2. The fourth-order valence-electron chi connectivity index (χ4n) is 1.81. The molecule has 1 rings (SSSR count). The molecule has 0 radical (unpaired) electrons. The zero-order valence-corrected chi connectivity index (χ0v) is 11.8. The van der Waals surface area contributed by atoms with Gasteiger partial charge in [0.2, 0.25) is 10.0 Å². The Kier molecular flexibility index (Phi) is 6.04. The molecule has 1 aliphatic heterocycles. The number of ether oxygens (including phenoxy) is 1. The van der Waals surface area contributed by atoms with E-state index in [2.05, 4.69) is 5.32 Å². The van der Waals surface area contributed by atoms with E-state index in [1.165, 1.54) is 4.31 Å². The first-order valence-corrected chi connectivity index (χ1v) is 7.98. The van der Waals surface area contributed by atoms with Crippen LogP contribution in [0.15, 0.2) is 0 Å². The summed E-state index contributed by atoms with van der Waals surface area (Å²) in [4.78, 5) is 11.2. The van der Waals surface area contributed by atoms with Crippen LogP contribution in [0.1, 0.15) is 26.7 Å². The largest absolute Gasteiger partial charge is 0.466 e. The molecule has 0 unspecified atom stereocenters. The molecule has 6 nitrogen and oxygen atoms in total. The summed E-state index contributed by atoms with van der Waals surface area (Å²) in [5.74, 6) is -0.619. The highest BCUT2D eigenvalue weighted by atomic mass is 32.2. The van der Waals surface area contributed by atoms with E-state index in [0.29, 0.717) is 19.6 Å². The average molecular weight is 278 g/mol. The predicted molar refractivity (Wildman–Crippen MR) is 68.7 cm³/mol. The van der Waals surface area contributed by atoms with Crippen LogP contribution in [0.25, 0.3) is 0 Å². The summed E-state index contributed by atoms with van der Waals surface area (Å²) in [5.41, 5.74) is 0. The van der Waals surface area contributed by atoms with Crippen LogP contribution in [0.5, 0.6) is 0 Å². The van der Waals surface area contributed by atoms with E-state index in [0.717, 1.165) is 6.42 Å². The monoisotopic (exact) mass is 278 g/mol. The summed E-state index contributed by atoms with van der Waals surface area (Å²) >= 11 is 0. The molecule has 1 N–H and O–H groups in total.